The molecule has 1 heterocycles. The highest BCUT2D eigenvalue weighted by atomic mass is 16.5. The Kier molecular flexibility index (Phi) is 2.47. The van der Waals surface area contributed by atoms with E-state index in [1.54, 1.807) is 0 Å². The highest BCUT2D eigenvalue weighted by molar-refractivity contribution is 5.41. The van der Waals surface area contributed by atoms with Crippen LogP contribution in [0.5, 0.6) is 5.75 Å². The van der Waals surface area contributed by atoms with Crippen LogP contribution in [0.3, 0.4) is 0 Å². The Morgan fingerprint density at radius 1 is 1.33 bits per heavy atom. The van der Waals surface area contributed by atoms with E-state index in [9.17, 15) is 0 Å². The molecule has 15 heavy (non-hydrogen) atoms. The lowest BCUT2D eigenvalue weighted by atomic mass is 9.82. The normalized spacial score (nSPS) is 17.1. The van der Waals surface area contributed by atoms with Gasteiger partial charge in [-0.3, -0.25) is 0 Å². The average molecular weight is 205 g/mol. The number of hydrogen-bond donors (Lipinski definition) is 1. The maximum atomic E-state index is 6.23. The highest BCUT2D eigenvalue weighted by Crippen LogP contribution is 2.34. The van der Waals surface area contributed by atoms with Gasteiger partial charge in [-0.15, -0.1) is 0 Å². The first-order valence-corrected chi connectivity index (χ1v) is 5.50. The highest BCUT2D eigenvalue weighted by Gasteiger charge is 2.23. The van der Waals surface area contributed by atoms with Crippen molar-refractivity contribution in [2.24, 2.45) is 11.1 Å². The summed E-state index contributed by atoms with van der Waals surface area (Å²) in [4.78, 5) is 0. The minimum absolute atomic E-state index is 0.0865. The fourth-order valence-corrected chi connectivity index (χ4v) is 1.90. The minimum atomic E-state index is 0.0865. The first-order chi connectivity index (χ1) is 6.98. The second-order valence-corrected chi connectivity index (χ2v) is 5.31. The van der Waals surface area contributed by atoms with Crippen LogP contribution in [0.25, 0.3) is 0 Å². The number of benzene rings is 1. The van der Waals surface area contributed by atoms with Gasteiger partial charge in [-0.25, -0.2) is 0 Å². The Bertz CT molecular complexity index is 365. The van der Waals surface area contributed by atoms with Crippen molar-refractivity contribution in [3.8, 4) is 5.75 Å². The maximum absolute atomic E-state index is 6.23. The lowest BCUT2D eigenvalue weighted by Crippen LogP contribution is -2.26. The molecular formula is C13H19NO. The van der Waals surface area contributed by atoms with Crippen molar-refractivity contribution in [3.63, 3.8) is 0 Å². The zero-order valence-electron chi connectivity index (χ0n) is 9.71. The largest absolute Gasteiger partial charge is 0.493 e. The smallest absolute Gasteiger partial charge is 0.122 e. The van der Waals surface area contributed by atoms with Crippen molar-refractivity contribution in [1.82, 2.24) is 0 Å². The summed E-state index contributed by atoms with van der Waals surface area (Å²) in [6.07, 6.45) is 1.01. The Balaban J connectivity index is 2.31. The van der Waals surface area contributed by atoms with Crippen molar-refractivity contribution in [1.29, 1.82) is 0 Å². The minimum Gasteiger partial charge on any atom is -0.493 e. The van der Waals surface area contributed by atoms with Crippen LogP contribution in [0.2, 0.25) is 0 Å². The van der Waals surface area contributed by atoms with E-state index < -0.39 is 0 Å². The molecule has 0 saturated heterocycles. The molecule has 2 heteroatoms. The molecule has 2 rings (SSSR count). The number of nitrogens with two attached hydrogens (primary N) is 1. The van der Waals surface area contributed by atoms with Crippen LogP contribution in [0, 0.1) is 5.41 Å². The first-order valence-electron chi connectivity index (χ1n) is 5.50. The monoisotopic (exact) mass is 205 g/mol. The standard InChI is InChI=1S/C13H19NO/c1-13(2,3)12(14)10-4-5-11-9(8-10)6-7-15-11/h4-5,8,12H,6-7,14H2,1-3H3/t12-/m0/s1. The van der Waals surface area contributed by atoms with Gasteiger partial charge in [-0.05, 0) is 22.6 Å². The van der Waals surface area contributed by atoms with E-state index in [1.807, 2.05) is 6.07 Å². The van der Waals surface area contributed by atoms with E-state index in [0.29, 0.717) is 0 Å². The fourth-order valence-electron chi connectivity index (χ4n) is 1.90. The lowest BCUT2D eigenvalue weighted by Gasteiger charge is -2.27. The topological polar surface area (TPSA) is 35.2 Å². The van der Waals surface area contributed by atoms with Crippen molar-refractivity contribution in [3.05, 3.63) is 29.3 Å². The number of fused-ring (bicyclic) bond motifs is 1. The summed E-state index contributed by atoms with van der Waals surface area (Å²) in [6, 6.07) is 6.41. The molecule has 0 aromatic heterocycles. The molecule has 0 saturated carbocycles. The van der Waals surface area contributed by atoms with Gasteiger partial charge in [0, 0.05) is 12.5 Å². The van der Waals surface area contributed by atoms with Crippen LogP contribution in [0.1, 0.15) is 37.9 Å². The second kappa shape index (κ2) is 3.53. The Morgan fingerprint density at radius 2 is 2.07 bits per heavy atom. The molecule has 1 atom stereocenters. The summed E-state index contributed by atoms with van der Waals surface area (Å²) < 4.78 is 5.48. The molecule has 2 N–H and O–H groups in total. The molecule has 82 valence electrons. The zero-order valence-corrected chi connectivity index (χ0v) is 9.71. The molecule has 1 aromatic carbocycles. The fraction of sp³-hybridized carbons (Fsp3) is 0.538. The third-order valence-corrected chi connectivity index (χ3v) is 3.01. The summed E-state index contributed by atoms with van der Waals surface area (Å²) >= 11 is 0. The van der Waals surface area contributed by atoms with Crippen molar-refractivity contribution in [2.75, 3.05) is 6.61 Å². The quantitative estimate of drug-likeness (QED) is 0.765. The van der Waals surface area contributed by atoms with Gasteiger partial charge in [0.1, 0.15) is 5.75 Å². The lowest BCUT2D eigenvalue weighted by molar-refractivity contribution is 0.326. The van der Waals surface area contributed by atoms with Crippen LogP contribution < -0.4 is 10.5 Å². The molecule has 0 bridgehead atoms. The molecule has 0 aliphatic carbocycles. The van der Waals surface area contributed by atoms with E-state index in [4.69, 9.17) is 10.5 Å². The van der Waals surface area contributed by atoms with Gasteiger partial charge in [0.15, 0.2) is 0 Å². The molecule has 0 unspecified atom stereocenters. The number of hydrogen-bond acceptors (Lipinski definition) is 2. The summed E-state index contributed by atoms with van der Waals surface area (Å²) in [5.41, 5.74) is 8.84. The van der Waals surface area contributed by atoms with Crippen LogP contribution in [0.15, 0.2) is 18.2 Å². The SMILES string of the molecule is CC(C)(C)[C@@H](N)c1ccc2c(c1)CCO2. The van der Waals surface area contributed by atoms with Crippen molar-refractivity contribution < 1.29 is 4.74 Å². The molecule has 1 aromatic rings. The molecule has 1 aliphatic rings. The predicted octanol–water partition coefficient (Wildman–Crippen LogP) is 2.67. The molecule has 1 aliphatic heterocycles. The average Bonchev–Trinajstić information content (AvgIpc) is 2.61. The van der Waals surface area contributed by atoms with E-state index in [-0.39, 0.29) is 11.5 Å². The van der Waals surface area contributed by atoms with Gasteiger partial charge in [0.2, 0.25) is 0 Å². The predicted molar refractivity (Wildman–Crippen MR) is 62.0 cm³/mol. The van der Waals surface area contributed by atoms with Crippen molar-refractivity contribution >= 4 is 0 Å². The molecule has 0 fully saturated rings. The zero-order chi connectivity index (χ0) is 11.1. The summed E-state index contributed by atoms with van der Waals surface area (Å²) in [5.74, 6) is 1.03. The Hall–Kier alpha value is -1.02. The van der Waals surface area contributed by atoms with Gasteiger partial charge < -0.3 is 10.5 Å². The number of rotatable bonds is 1. The van der Waals surface area contributed by atoms with Crippen molar-refractivity contribution in [2.45, 2.75) is 33.2 Å². The molecule has 0 amide bonds. The van der Waals surface area contributed by atoms with Gasteiger partial charge in [-0.1, -0.05) is 32.9 Å². The van der Waals surface area contributed by atoms with Crippen LogP contribution in [0.4, 0.5) is 0 Å². The third kappa shape index (κ3) is 2.00. The maximum Gasteiger partial charge on any atom is 0.122 e. The van der Waals surface area contributed by atoms with Crippen LogP contribution in [-0.4, -0.2) is 6.61 Å². The summed E-state index contributed by atoms with van der Waals surface area (Å²) in [5, 5.41) is 0. The molecule has 0 spiro atoms. The van der Waals surface area contributed by atoms with Gasteiger partial charge in [-0.2, -0.15) is 0 Å². The van der Waals surface area contributed by atoms with Crippen LogP contribution in [-0.2, 0) is 6.42 Å². The Morgan fingerprint density at radius 3 is 2.73 bits per heavy atom. The first kappa shape index (κ1) is 10.5. The van der Waals surface area contributed by atoms with E-state index in [2.05, 4.69) is 32.9 Å². The summed E-state index contributed by atoms with van der Waals surface area (Å²) in [6.45, 7) is 7.31. The van der Waals surface area contributed by atoms with E-state index >= 15 is 0 Å². The molecule has 0 radical (unpaired) electrons. The molecule has 2 nitrogen and oxygen atoms in total. The Labute approximate surface area is 91.4 Å². The summed E-state index contributed by atoms with van der Waals surface area (Å²) in [7, 11) is 0. The van der Waals surface area contributed by atoms with Crippen LogP contribution >= 0.6 is 0 Å². The van der Waals surface area contributed by atoms with Gasteiger partial charge >= 0.3 is 0 Å². The van der Waals surface area contributed by atoms with E-state index in [0.717, 1.165) is 18.8 Å². The van der Waals surface area contributed by atoms with Gasteiger partial charge in [0.05, 0.1) is 6.61 Å². The second-order valence-electron chi connectivity index (χ2n) is 5.31. The third-order valence-electron chi connectivity index (χ3n) is 3.01. The number of ether oxygens (including phenoxy) is 1. The van der Waals surface area contributed by atoms with E-state index in [1.165, 1.54) is 11.1 Å². The van der Waals surface area contributed by atoms with Gasteiger partial charge in [0.25, 0.3) is 0 Å². The molecular weight excluding hydrogens is 186 g/mol.